The molecule has 1 heterocycles. The second kappa shape index (κ2) is 10.4. The van der Waals surface area contributed by atoms with E-state index < -0.39 is 23.5 Å². The van der Waals surface area contributed by atoms with Crippen molar-refractivity contribution in [2.45, 2.75) is 19.9 Å². The smallest absolute Gasteiger partial charge is 0.300 e. The third-order valence-electron chi connectivity index (χ3n) is 5.77. The zero-order valence-corrected chi connectivity index (χ0v) is 20.8. The van der Waals surface area contributed by atoms with Crippen LogP contribution in [0.25, 0.3) is 5.76 Å². The van der Waals surface area contributed by atoms with Gasteiger partial charge in [-0.05, 0) is 66.1 Å². The van der Waals surface area contributed by atoms with Gasteiger partial charge in [0.05, 0.1) is 30.4 Å². The molecule has 8 heteroatoms. The maximum atomic E-state index is 13.8. The summed E-state index contributed by atoms with van der Waals surface area (Å²) in [7, 11) is 1.52. The number of rotatable bonds is 7. The number of nitrogens with zero attached hydrogens (tertiary/aromatic N) is 1. The molecule has 0 radical (unpaired) electrons. The number of ketones is 1. The van der Waals surface area contributed by atoms with Crippen LogP contribution < -0.4 is 14.4 Å². The number of hydrogen-bond donors (Lipinski definition) is 1. The number of carbonyl (C=O) groups is 2. The molecule has 4 rings (SSSR count). The van der Waals surface area contributed by atoms with E-state index in [4.69, 9.17) is 21.1 Å². The average Bonchev–Trinajstić information content (AvgIpc) is 3.14. The first-order valence-corrected chi connectivity index (χ1v) is 11.7. The lowest BCUT2D eigenvalue weighted by Crippen LogP contribution is -2.29. The first-order valence-electron chi connectivity index (χ1n) is 11.3. The van der Waals surface area contributed by atoms with E-state index in [2.05, 4.69) is 0 Å². The van der Waals surface area contributed by atoms with Gasteiger partial charge in [-0.2, -0.15) is 0 Å². The second-order valence-electron chi connectivity index (χ2n) is 8.77. The van der Waals surface area contributed by atoms with Crippen molar-refractivity contribution in [3.8, 4) is 11.5 Å². The summed E-state index contributed by atoms with van der Waals surface area (Å²) in [5.74, 6) is -1.17. The quantitative estimate of drug-likeness (QED) is 0.235. The molecule has 0 aliphatic carbocycles. The number of aliphatic hydroxyl groups is 1. The number of anilines is 1. The largest absolute Gasteiger partial charge is 0.507 e. The van der Waals surface area contributed by atoms with Gasteiger partial charge in [-0.1, -0.05) is 37.6 Å². The molecule has 1 fully saturated rings. The average molecular weight is 510 g/mol. The van der Waals surface area contributed by atoms with Crippen molar-refractivity contribution >= 4 is 34.7 Å². The van der Waals surface area contributed by atoms with Crippen LogP contribution >= 0.6 is 11.6 Å². The zero-order valence-electron chi connectivity index (χ0n) is 20.0. The molecule has 1 N–H and O–H groups in total. The molecule has 6 nitrogen and oxygen atoms in total. The minimum Gasteiger partial charge on any atom is -0.507 e. The van der Waals surface area contributed by atoms with Crippen molar-refractivity contribution in [3.05, 3.63) is 94.3 Å². The third kappa shape index (κ3) is 4.93. The molecule has 0 bridgehead atoms. The summed E-state index contributed by atoms with van der Waals surface area (Å²) < 4.78 is 24.8. The number of carbonyl (C=O) groups excluding carboxylic acids is 2. The van der Waals surface area contributed by atoms with Crippen LogP contribution in [0.5, 0.6) is 11.5 Å². The van der Waals surface area contributed by atoms with Gasteiger partial charge >= 0.3 is 0 Å². The highest BCUT2D eigenvalue weighted by atomic mass is 35.5. The maximum absolute atomic E-state index is 13.8. The van der Waals surface area contributed by atoms with Gasteiger partial charge in [0, 0.05) is 11.3 Å². The zero-order chi connectivity index (χ0) is 26.0. The van der Waals surface area contributed by atoms with Crippen molar-refractivity contribution in [3.63, 3.8) is 0 Å². The Bertz CT molecular complexity index is 1320. The Labute approximate surface area is 213 Å². The third-order valence-corrected chi connectivity index (χ3v) is 6.06. The van der Waals surface area contributed by atoms with Crippen LogP contribution in [0.2, 0.25) is 5.02 Å². The summed E-state index contributed by atoms with van der Waals surface area (Å²) in [6.45, 7) is 4.60. The molecule has 0 spiro atoms. The summed E-state index contributed by atoms with van der Waals surface area (Å²) in [6, 6.07) is 16.2. The predicted molar refractivity (Wildman–Crippen MR) is 136 cm³/mol. The van der Waals surface area contributed by atoms with Crippen LogP contribution in [0.15, 0.2) is 72.3 Å². The highest BCUT2D eigenvalue weighted by molar-refractivity contribution is 6.51. The minimum atomic E-state index is -0.977. The SMILES string of the molecule is COc1ccc(C2/C(=C(\O)c3ccc(OCC(C)C)cc3)C(=O)C(=O)N2c2ccc(F)c(Cl)c2)cc1. The Morgan fingerprint density at radius 2 is 1.67 bits per heavy atom. The van der Waals surface area contributed by atoms with E-state index in [1.54, 1.807) is 48.5 Å². The number of hydrogen-bond acceptors (Lipinski definition) is 5. The van der Waals surface area contributed by atoms with Gasteiger partial charge in [-0.3, -0.25) is 14.5 Å². The molecule has 1 amide bonds. The molecule has 3 aromatic carbocycles. The van der Waals surface area contributed by atoms with Gasteiger partial charge in [0.2, 0.25) is 0 Å². The van der Waals surface area contributed by atoms with Crippen LogP contribution in [-0.2, 0) is 9.59 Å². The number of amides is 1. The van der Waals surface area contributed by atoms with Gasteiger partial charge in [0.1, 0.15) is 23.1 Å². The summed E-state index contributed by atoms with van der Waals surface area (Å²) in [6.07, 6.45) is 0. The first-order chi connectivity index (χ1) is 17.2. The van der Waals surface area contributed by atoms with Crippen LogP contribution in [0.4, 0.5) is 10.1 Å². The fourth-order valence-corrected chi connectivity index (χ4v) is 4.14. The normalized spacial score (nSPS) is 17.1. The molecule has 1 unspecified atom stereocenters. The fourth-order valence-electron chi connectivity index (χ4n) is 3.96. The second-order valence-corrected chi connectivity index (χ2v) is 9.18. The lowest BCUT2D eigenvalue weighted by atomic mass is 9.95. The first kappa shape index (κ1) is 25.3. The van der Waals surface area contributed by atoms with Crippen molar-refractivity contribution < 1.29 is 28.6 Å². The Kier molecular flexibility index (Phi) is 7.31. The lowest BCUT2D eigenvalue weighted by Gasteiger charge is -2.25. The standard InChI is InChI=1S/C28H25ClFNO5/c1-16(2)15-36-21-11-6-18(7-12-21)26(32)24-25(17-4-9-20(35-3)10-5-17)31(28(34)27(24)33)19-8-13-23(30)22(29)14-19/h4-14,16,25,32H,15H2,1-3H3/b26-24+. The summed E-state index contributed by atoms with van der Waals surface area (Å²) in [4.78, 5) is 27.7. The van der Waals surface area contributed by atoms with Crippen molar-refractivity contribution in [1.82, 2.24) is 0 Å². The number of ether oxygens (including phenoxy) is 2. The number of halogens is 2. The summed E-state index contributed by atoms with van der Waals surface area (Å²) in [5, 5.41) is 11.0. The van der Waals surface area contributed by atoms with Crippen LogP contribution in [0.1, 0.15) is 31.0 Å². The molecular weight excluding hydrogens is 485 g/mol. The van der Waals surface area contributed by atoms with Gasteiger partial charge < -0.3 is 14.6 Å². The van der Waals surface area contributed by atoms with Crippen molar-refractivity contribution in [2.75, 3.05) is 18.6 Å². The lowest BCUT2D eigenvalue weighted by molar-refractivity contribution is -0.132. The van der Waals surface area contributed by atoms with Crippen LogP contribution in [-0.4, -0.2) is 30.5 Å². The molecule has 36 heavy (non-hydrogen) atoms. The molecule has 186 valence electrons. The van der Waals surface area contributed by atoms with Gasteiger partial charge in [-0.15, -0.1) is 0 Å². The molecule has 0 saturated carbocycles. The molecular formula is C28H25ClFNO5. The topological polar surface area (TPSA) is 76.1 Å². The van der Waals surface area contributed by atoms with Crippen molar-refractivity contribution in [2.24, 2.45) is 5.92 Å². The van der Waals surface area contributed by atoms with E-state index in [1.807, 2.05) is 13.8 Å². The summed E-state index contributed by atoms with van der Waals surface area (Å²) in [5.41, 5.74) is 1.02. The molecule has 1 aliphatic heterocycles. The minimum absolute atomic E-state index is 0.0959. The number of Topliss-reactive ketones (excluding diaryl/α,β-unsaturated/α-hetero) is 1. The molecule has 1 atom stereocenters. The monoisotopic (exact) mass is 509 g/mol. The van der Waals surface area contributed by atoms with Crippen LogP contribution in [0, 0.1) is 11.7 Å². The van der Waals surface area contributed by atoms with Gasteiger partial charge in [-0.25, -0.2) is 4.39 Å². The molecule has 1 saturated heterocycles. The van der Waals surface area contributed by atoms with E-state index in [9.17, 15) is 19.1 Å². The Balaban J connectivity index is 1.83. The van der Waals surface area contributed by atoms with E-state index in [0.29, 0.717) is 35.2 Å². The van der Waals surface area contributed by atoms with Crippen LogP contribution in [0.3, 0.4) is 0 Å². The summed E-state index contributed by atoms with van der Waals surface area (Å²) >= 11 is 5.98. The van der Waals surface area contributed by atoms with E-state index >= 15 is 0 Å². The van der Waals surface area contributed by atoms with E-state index in [-0.39, 0.29) is 22.0 Å². The highest BCUT2D eigenvalue weighted by Crippen LogP contribution is 2.43. The van der Waals surface area contributed by atoms with Crippen molar-refractivity contribution in [1.29, 1.82) is 0 Å². The molecule has 1 aliphatic rings. The van der Waals surface area contributed by atoms with E-state index in [1.165, 1.54) is 24.1 Å². The Morgan fingerprint density at radius 1 is 1.03 bits per heavy atom. The van der Waals surface area contributed by atoms with Gasteiger partial charge in [0.15, 0.2) is 0 Å². The fraction of sp³-hybridized carbons (Fsp3) is 0.214. The maximum Gasteiger partial charge on any atom is 0.300 e. The Hall–Kier alpha value is -3.84. The van der Waals surface area contributed by atoms with E-state index in [0.717, 1.165) is 6.07 Å². The highest BCUT2D eigenvalue weighted by Gasteiger charge is 2.47. The molecule has 3 aromatic rings. The molecule has 0 aromatic heterocycles. The number of aliphatic hydroxyl groups excluding tert-OH is 1. The Morgan fingerprint density at radius 3 is 2.25 bits per heavy atom. The number of benzene rings is 3. The predicted octanol–water partition coefficient (Wildman–Crippen LogP) is 6.15. The number of methoxy groups -OCH3 is 1. The van der Waals surface area contributed by atoms with Gasteiger partial charge in [0.25, 0.3) is 11.7 Å².